The number of nitrogens with zero attached hydrogens (tertiary/aromatic N) is 3. The largest absolute Gasteiger partial charge is 0.465 e. The van der Waals surface area contributed by atoms with Crippen molar-refractivity contribution in [2.75, 3.05) is 26.2 Å². The quantitative estimate of drug-likeness (QED) is 0.797. The Morgan fingerprint density at radius 3 is 2.13 bits per heavy atom. The summed E-state index contributed by atoms with van der Waals surface area (Å²) in [7, 11) is 0. The molecule has 2 aliphatic heterocycles. The molecule has 6 heteroatoms. The summed E-state index contributed by atoms with van der Waals surface area (Å²) in [6, 6.07) is 10.3. The average Bonchev–Trinajstić information content (AvgIpc) is 3.58. The third-order valence-electron chi connectivity index (χ3n) is 7.74. The van der Waals surface area contributed by atoms with Crippen molar-refractivity contribution < 1.29 is 14.7 Å². The minimum Gasteiger partial charge on any atom is -0.465 e. The highest BCUT2D eigenvalue weighted by atomic mass is 16.4. The van der Waals surface area contributed by atoms with Crippen molar-refractivity contribution >= 4 is 12.0 Å². The van der Waals surface area contributed by atoms with Crippen LogP contribution in [0.25, 0.3) is 0 Å². The van der Waals surface area contributed by atoms with E-state index < -0.39 is 6.09 Å². The fourth-order valence-corrected chi connectivity index (χ4v) is 5.15. The van der Waals surface area contributed by atoms with Crippen LogP contribution < -0.4 is 0 Å². The zero-order valence-corrected chi connectivity index (χ0v) is 18.3. The summed E-state index contributed by atoms with van der Waals surface area (Å²) >= 11 is 0. The number of amides is 2. The van der Waals surface area contributed by atoms with Crippen LogP contribution >= 0.6 is 0 Å². The van der Waals surface area contributed by atoms with E-state index >= 15 is 0 Å². The van der Waals surface area contributed by atoms with Crippen LogP contribution in [0.5, 0.6) is 0 Å². The molecule has 0 atom stereocenters. The molecule has 2 heterocycles. The van der Waals surface area contributed by atoms with Gasteiger partial charge in [0.1, 0.15) is 0 Å². The smallest absolute Gasteiger partial charge is 0.407 e. The minimum absolute atomic E-state index is 0.0536. The van der Waals surface area contributed by atoms with Crippen molar-refractivity contribution in [3.05, 3.63) is 35.9 Å². The summed E-state index contributed by atoms with van der Waals surface area (Å²) in [6.45, 7) is 8.39. The van der Waals surface area contributed by atoms with Crippen LogP contribution in [0.1, 0.15) is 57.9 Å². The Labute approximate surface area is 179 Å². The molecule has 30 heavy (non-hydrogen) atoms. The van der Waals surface area contributed by atoms with Gasteiger partial charge in [0, 0.05) is 49.7 Å². The van der Waals surface area contributed by atoms with Crippen molar-refractivity contribution in [2.24, 2.45) is 5.92 Å². The van der Waals surface area contributed by atoms with Gasteiger partial charge in [-0.15, -0.1) is 0 Å². The maximum atomic E-state index is 13.2. The van der Waals surface area contributed by atoms with Gasteiger partial charge in [0.15, 0.2) is 0 Å². The first-order valence-corrected chi connectivity index (χ1v) is 11.4. The average molecular weight is 414 g/mol. The number of hydrogen-bond donors (Lipinski definition) is 1. The fourth-order valence-electron chi connectivity index (χ4n) is 5.15. The lowest BCUT2D eigenvalue weighted by atomic mass is 9.81. The highest BCUT2D eigenvalue weighted by Crippen LogP contribution is 2.40. The van der Waals surface area contributed by atoms with Gasteiger partial charge in [-0.2, -0.15) is 0 Å². The molecule has 2 amide bonds. The van der Waals surface area contributed by atoms with E-state index in [4.69, 9.17) is 0 Å². The van der Waals surface area contributed by atoms with Crippen LogP contribution in [0.4, 0.5) is 4.79 Å². The predicted octanol–water partition coefficient (Wildman–Crippen LogP) is 3.81. The molecule has 0 spiro atoms. The molecule has 3 aliphatic rings. The molecule has 0 bridgehead atoms. The number of piperidine rings is 2. The first-order chi connectivity index (χ1) is 14.3. The second-order valence-corrected chi connectivity index (χ2v) is 9.93. The number of carbonyl (C=O) groups is 2. The highest BCUT2D eigenvalue weighted by molar-refractivity contribution is 5.81. The standard InChI is InChI=1S/C24H35N3O3/c1-23(10-14-25(15-11-23)22(29)30)26-16-12-24(2,13-17-26)27(21(28)20-8-9-20)18-19-6-4-3-5-7-19/h3-7,20H,8-18H2,1-2H3,(H,29,30). The summed E-state index contributed by atoms with van der Waals surface area (Å²) < 4.78 is 0. The van der Waals surface area contributed by atoms with E-state index in [2.05, 4.69) is 35.8 Å². The van der Waals surface area contributed by atoms with Gasteiger partial charge in [0.2, 0.25) is 5.91 Å². The Morgan fingerprint density at radius 2 is 1.60 bits per heavy atom. The zero-order valence-electron chi connectivity index (χ0n) is 18.3. The van der Waals surface area contributed by atoms with Crippen LogP contribution in [0.15, 0.2) is 30.3 Å². The SMILES string of the molecule is CC1(N2CCC(C)(N(Cc3ccccc3)C(=O)C3CC3)CC2)CCN(C(=O)O)CC1. The Morgan fingerprint density at radius 1 is 1.00 bits per heavy atom. The third-order valence-corrected chi connectivity index (χ3v) is 7.74. The molecule has 3 fully saturated rings. The molecule has 1 saturated carbocycles. The molecule has 4 rings (SSSR count). The van der Waals surface area contributed by atoms with E-state index in [-0.39, 0.29) is 17.0 Å². The molecule has 164 valence electrons. The first-order valence-electron chi connectivity index (χ1n) is 11.4. The van der Waals surface area contributed by atoms with Crippen LogP contribution in [0.2, 0.25) is 0 Å². The number of benzene rings is 1. The van der Waals surface area contributed by atoms with Crippen molar-refractivity contribution in [3.63, 3.8) is 0 Å². The van der Waals surface area contributed by atoms with E-state index in [1.54, 1.807) is 0 Å². The highest BCUT2D eigenvalue weighted by Gasteiger charge is 2.46. The number of rotatable bonds is 5. The lowest BCUT2D eigenvalue weighted by Crippen LogP contribution is -2.61. The lowest BCUT2D eigenvalue weighted by molar-refractivity contribution is -0.142. The number of hydrogen-bond acceptors (Lipinski definition) is 3. The van der Waals surface area contributed by atoms with E-state index in [1.165, 1.54) is 10.5 Å². The van der Waals surface area contributed by atoms with E-state index in [9.17, 15) is 14.7 Å². The molecular weight excluding hydrogens is 378 g/mol. The monoisotopic (exact) mass is 413 g/mol. The summed E-state index contributed by atoms with van der Waals surface area (Å²) in [4.78, 5) is 30.7. The topological polar surface area (TPSA) is 64.1 Å². The van der Waals surface area contributed by atoms with Gasteiger partial charge in [0.25, 0.3) is 0 Å². The van der Waals surface area contributed by atoms with Gasteiger partial charge >= 0.3 is 6.09 Å². The maximum absolute atomic E-state index is 13.2. The van der Waals surface area contributed by atoms with Crippen LogP contribution in [0, 0.1) is 5.92 Å². The fraction of sp³-hybridized carbons (Fsp3) is 0.667. The van der Waals surface area contributed by atoms with Crippen molar-refractivity contribution in [2.45, 2.75) is 70.0 Å². The van der Waals surface area contributed by atoms with Crippen LogP contribution in [-0.2, 0) is 11.3 Å². The Kier molecular flexibility index (Phi) is 5.80. The second kappa shape index (κ2) is 8.22. The molecule has 0 radical (unpaired) electrons. The van der Waals surface area contributed by atoms with Gasteiger partial charge < -0.3 is 14.9 Å². The molecule has 1 aromatic rings. The van der Waals surface area contributed by atoms with E-state index in [0.717, 1.165) is 51.6 Å². The van der Waals surface area contributed by atoms with E-state index in [1.807, 2.05) is 18.2 Å². The third kappa shape index (κ3) is 4.34. The van der Waals surface area contributed by atoms with Gasteiger partial charge in [-0.3, -0.25) is 9.69 Å². The summed E-state index contributed by atoms with van der Waals surface area (Å²) in [5.74, 6) is 0.553. The van der Waals surface area contributed by atoms with Crippen LogP contribution in [0.3, 0.4) is 0 Å². The van der Waals surface area contributed by atoms with Gasteiger partial charge in [-0.05, 0) is 57.9 Å². The summed E-state index contributed by atoms with van der Waals surface area (Å²) in [5, 5.41) is 9.25. The number of carbonyl (C=O) groups excluding carboxylic acids is 1. The Bertz CT molecular complexity index is 761. The van der Waals surface area contributed by atoms with E-state index in [0.29, 0.717) is 25.5 Å². The molecule has 1 aromatic carbocycles. The number of likely N-dealkylation sites (tertiary alicyclic amines) is 2. The summed E-state index contributed by atoms with van der Waals surface area (Å²) in [5.41, 5.74) is 1.13. The maximum Gasteiger partial charge on any atom is 0.407 e. The van der Waals surface area contributed by atoms with Crippen molar-refractivity contribution in [1.29, 1.82) is 0 Å². The Balaban J connectivity index is 1.43. The molecule has 6 nitrogen and oxygen atoms in total. The Hall–Kier alpha value is -2.08. The molecule has 0 aromatic heterocycles. The van der Waals surface area contributed by atoms with Crippen LogP contribution in [-0.4, -0.2) is 69.1 Å². The minimum atomic E-state index is -0.807. The molecular formula is C24H35N3O3. The summed E-state index contributed by atoms with van der Waals surface area (Å²) in [6.07, 6.45) is 4.95. The molecule has 1 N–H and O–H groups in total. The molecule has 0 unspecified atom stereocenters. The van der Waals surface area contributed by atoms with Gasteiger partial charge in [0.05, 0.1) is 0 Å². The second-order valence-electron chi connectivity index (χ2n) is 9.93. The molecule has 2 saturated heterocycles. The first kappa shape index (κ1) is 21.2. The van der Waals surface area contributed by atoms with Crippen molar-refractivity contribution in [3.8, 4) is 0 Å². The number of carboxylic acid groups (broad SMARTS) is 1. The lowest BCUT2D eigenvalue weighted by Gasteiger charge is -2.53. The normalized spacial score (nSPS) is 23.7. The van der Waals surface area contributed by atoms with Gasteiger partial charge in [-0.25, -0.2) is 4.79 Å². The van der Waals surface area contributed by atoms with Gasteiger partial charge in [-0.1, -0.05) is 30.3 Å². The van der Waals surface area contributed by atoms with Crippen molar-refractivity contribution in [1.82, 2.24) is 14.7 Å². The predicted molar refractivity (Wildman–Crippen MR) is 116 cm³/mol. The zero-order chi connectivity index (χ0) is 21.4. The molecule has 1 aliphatic carbocycles.